The van der Waals surface area contributed by atoms with Crippen LogP contribution in [0.5, 0.6) is 5.75 Å². The number of hydrogen-bond acceptors (Lipinski definition) is 6. The molecule has 2 aromatic carbocycles. The molecule has 0 aromatic heterocycles. The molecular weight excluding hydrogens is 596 g/mol. The van der Waals surface area contributed by atoms with Crippen molar-refractivity contribution >= 4 is 33.2 Å². The molecule has 1 fully saturated rings. The smallest absolute Gasteiger partial charge is 0.264 e. The summed E-state index contributed by atoms with van der Waals surface area (Å²) in [5.74, 6) is 0.670. The van der Waals surface area contributed by atoms with Gasteiger partial charge in [-0.05, 0) is 104 Å². The van der Waals surface area contributed by atoms with Crippen LogP contribution in [0, 0.1) is 23.7 Å². The second kappa shape index (κ2) is 12.3. The van der Waals surface area contributed by atoms with Gasteiger partial charge in [0.15, 0.2) is 0 Å². The highest BCUT2D eigenvalue weighted by Crippen LogP contribution is 2.47. The first kappa shape index (κ1) is 31.4. The number of anilines is 1. The van der Waals surface area contributed by atoms with Crippen molar-refractivity contribution in [1.82, 2.24) is 4.72 Å². The number of allylic oxidation sites excluding steroid dienone is 1. The molecule has 6 rings (SSSR count). The lowest BCUT2D eigenvalue weighted by molar-refractivity contribution is 0.0129. The SMILES string of the molecule is CC[C@H]1[C@H](C)[C@@H](C)/C=C/[C@H](OC)[C@@H]2CC[C@H]2CN2C[C@@]3(CCCc4cc(Cl)ccc43)COc3ccc(cc32)C(=O)NS1(=O)=O. The zero-order valence-corrected chi connectivity index (χ0v) is 27.8. The number of sulfonamides is 1. The van der Waals surface area contributed by atoms with Crippen molar-refractivity contribution in [2.24, 2.45) is 23.7 Å². The quantitative estimate of drug-likeness (QED) is 0.376. The molecule has 2 aliphatic heterocycles. The van der Waals surface area contributed by atoms with E-state index in [4.69, 9.17) is 21.1 Å². The van der Waals surface area contributed by atoms with E-state index >= 15 is 0 Å². The summed E-state index contributed by atoms with van der Waals surface area (Å²) in [6.45, 7) is 7.92. The summed E-state index contributed by atoms with van der Waals surface area (Å²) in [5.41, 5.74) is 3.48. The molecule has 2 aromatic rings. The summed E-state index contributed by atoms with van der Waals surface area (Å²) >= 11 is 6.42. The number of hydrogen-bond donors (Lipinski definition) is 1. The molecule has 7 atom stereocenters. The van der Waals surface area contributed by atoms with Crippen LogP contribution in [0.15, 0.2) is 48.6 Å². The molecule has 4 aliphatic rings. The molecule has 0 unspecified atom stereocenters. The van der Waals surface area contributed by atoms with Crippen molar-refractivity contribution < 1.29 is 22.7 Å². The lowest BCUT2D eigenvalue weighted by Crippen LogP contribution is -2.49. The number of nitrogens with one attached hydrogen (secondary N) is 1. The predicted octanol–water partition coefficient (Wildman–Crippen LogP) is 6.53. The van der Waals surface area contributed by atoms with Crippen molar-refractivity contribution in [3.63, 3.8) is 0 Å². The molecule has 0 saturated heterocycles. The number of fused-ring (bicyclic) bond motifs is 4. The fourth-order valence-corrected chi connectivity index (χ4v) is 10.1. The van der Waals surface area contributed by atoms with Crippen molar-refractivity contribution in [1.29, 1.82) is 0 Å². The van der Waals surface area contributed by atoms with Gasteiger partial charge in [0.2, 0.25) is 10.0 Å². The Labute approximate surface area is 267 Å². The van der Waals surface area contributed by atoms with Crippen LogP contribution in [-0.2, 0) is 26.6 Å². The van der Waals surface area contributed by atoms with E-state index in [0.717, 1.165) is 61.7 Å². The summed E-state index contributed by atoms with van der Waals surface area (Å²) in [4.78, 5) is 16.0. The van der Waals surface area contributed by atoms with Crippen LogP contribution in [0.3, 0.4) is 0 Å². The van der Waals surface area contributed by atoms with Gasteiger partial charge in [-0.15, -0.1) is 0 Å². The van der Waals surface area contributed by atoms with Gasteiger partial charge >= 0.3 is 0 Å². The highest BCUT2D eigenvalue weighted by Gasteiger charge is 2.44. The van der Waals surface area contributed by atoms with Gasteiger partial charge < -0.3 is 14.4 Å². The standard InChI is InChI=1S/C35H45ClN2O5S/c1-5-33-23(3)22(2)8-14-31(42-4)28-12-9-26(28)19-38-20-35(16-6-7-24-17-27(36)11-13-29(24)35)21-43-32-15-10-25(18-30(32)38)34(39)37-44(33,40)41/h8,10-11,13-15,17-18,22-23,26,28,31,33H,5-7,9,12,16,19-21H2,1-4H3,(H,37,39)/b14-8+/t22-,23+,26-,28+,31-,33-,35-/m0/s1. The maximum Gasteiger partial charge on any atom is 0.264 e. The molecule has 2 bridgehead atoms. The van der Waals surface area contributed by atoms with Crippen LogP contribution in [0.25, 0.3) is 0 Å². The zero-order valence-electron chi connectivity index (χ0n) is 26.2. The van der Waals surface area contributed by atoms with Gasteiger partial charge in [0, 0.05) is 36.2 Å². The van der Waals surface area contributed by atoms with Crippen LogP contribution in [-0.4, -0.2) is 52.5 Å². The first-order chi connectivity index (χ1) is 21.0. The Morgan fingerprint density at radius 3 is 2.68 bits per heavy atom. The van der Waals surface area contributed by atoms with E-state index in [1.807, 2.05) is 39.0 Å². The molecule has 9 heteroatoms. The number of carbonyl (C=O) groups excluding carboxylic acids is 1. The number of carbonyl (C=O) groups is 1. The van der Waals surface area contributed by atoms with Gasteiger partial charge in [-0.3, -0.25) is 4.79 Å². The molecule has 44 heavy (non-hydrogen) atoms. The van der Waals surface area contributed by atoms with E-state index < -0.39 is 21.2 Å². The molecule has 238 valence electrons. The number of ether oxygens (including phenoxy) is 2. The maximum atomic E-state index is 13.6. The van der Waals surface area contributed by atoms with E-state index in [2.05, 4.69) is 33.9 Å². The van der Waals surface area contributed by atoms with Crippen molar-refractivity contribution in [3.05, 3.63) is 70.3 Å². The van der Waals surface area contributed by atoms with E-state index in [1.165, 1.54) is 11.1 Å². The molecule has 1 N–H and O–H groups in total. The minimum atomic E-state index is -3.93. The number of methoxy groups -OCH3 is 1. The highest BCUT2D eigenvalue weighted by atomic mass is 35.5. The lowest BCUT2D eigenvalue weighted by atomic mass is 9.68. The minimum Gasteiger partial charge on any atom is -0.490 e. The molecule has 1 spiro atoms. The van der Waals surface area contributed by atoms with Gasteiger partial charge in [-0.2, -0.15) is 0 Å². The third kappa shape index (κ3) is 5.78. The minimum absolute atomic E-state index is 0.0101. The molecular formula is C35H45ClN2O5S. The second-order valence-electron chi connectivity index (χ2n) is 13.5. The van der Waals surface area contributed by atoms with E-state index in [1.54, 1.807) is 13.2 Å². The van der Waals surface area contributed by atoms with Crippen LogP contribution < -0.4 is 14.4 Å². The van der Waals surface area contributed by atoms with Crippen molar-refractivity contribution in [2.45, 2.75) is 76.1 Å². The molecule has 0 radical (unpaired) electrons. The van der Waals surface area contributed by atoms with Gasteiger partial charge in [0.05, 0.1) is 23.6 Å². The fourth-order valence-electron chi connectivity index (χ4n) is 8.12. The molecule has 1 amide bonds. The Morgan fingerprint density at radius 1 is 1.14 bits per heavy atom. The van der Waals surface area contributed by atoms with E-state index in [-0.39, 0.29) is 23.4 Å². The molecule has 2 heterocycles. The molecule has 7 nitrogen and oxygen atoms in total. The summed E-state index contributed by atoms with van der Waals surface area (Å²) < 4.78 is 42.2. The summed E-state index contributed by atoms with van der Waals surface area (Å²) in [6, 6.07) is 11.6. The number of nitrogens with zero attached hydrogens (tertiary/aromatic N) is 1. The second-order valence-corrected chi connectivity index (χ2v) is 15.9. The number of rotatable bonds is 2. The van der Waals surface area contributed by atoms with E-state index in [9.17, 15) is 13.2 Å². The largest absolute Gasteiger partial charge is 0.490 e. The third-order valence-electron chi connectivity index (χ3n) is 11.0. The topological polar surface area (TPSA) is 84.9 Å². The van der Waals surface area contributed by atoms with Crippen LogP contribution in [0.4, 0.5) is 5.69 Å². The van der Waals surface area contributed by atoms with Crippen molar-refractivity contribution in [3.8, 4) is 5.75 Å². The van der Waals surface area contributed by atoms with Gasteiger partial charge in [-0.25, -0.2) is 13.1 Å². The monoisotopic (exact) mass is 640 g/mol. The van der Waals surface area contributed by atoms with Gasteiger partial charge in [0.1, 0.15) is 5.75 Å². The summed E-state index contributed by atoms with van der Waals surface area (Å²) in [7, 11) is -2.16. The Kier molecular flexibility index (Phi) is 8.81. The first-order valence-corrected chi connectivity index (χ1v) is 18.1. The number of halogens is 1. The Hall–Kier alpha value is -2.55. The van der Waals surface area contributed by atoms with Crippen LogP contribution in [0.2, 0.25) is 5.02 Å². The lowest BCUT2D eigenvalue weighted by Gasteiger charge is -2.46. The number of amides is 1. The highest BCUT2D eigenvalue weighted by molar-refractivity contribution is 7.90. The predicted molar refractivity (Wildman–Crippen MR) is 175 cm³/mol. The molecule has 1 saturated carbocycles. The zero-order chi connectivity index (χ0) is 31.2. The summed E-state index contributed by atoms with van der Waals surface area (Å²) in [5, 5.41) is 0.0380. The normalized spacial score (nSPS) is 34.0. The fraction of sp³-hybridized carbons (Fsp3) is 0.571. The summed E-state index contributed by atoms with van der Waals surface area (Å²) in [6.07, 6.45) is 9.82. The average Bonchev–Trinajstić information content (AvgIpc) is 3.13. The Balaban J connectivity index is 1.44. The van der Waals surface area contributed by atoms with Gasteiger partial charge in [0.25, 0.3) is 5.91 Å². The maximum absolute atomic E-state index is 13.6. The van der Waals surface area contributed by atoms with Gasteiger partial charge in [-0.1, -0.05) is 50.6 Å². The number of benzene rings is 2. The third-order valence-corrected chi connectivity index (χ3v) is 13.2. The number of aryl methyl sites for hydroxylation is 1. The first-order valence-electron chi connectivity index (χ1n) is 16.1. The van der Waals surface area contributed by atoms with E-state index in [0.29, 0.717) is 30.4 Å². The van der Waals surface area contributed by atoms with Crippen molar-refractivity contribution in [2.75, 3.05) is 31.7 Å². The molecule has 2 aliphatic carbocycles. The van der Waals surface area contributed by atoms with Crippen LogP contribution >= 0.6 is 11.6 Å². The Bertz CT molecular complexity index is 1540. The average molecular weight is 641 g/mol. The van der Waals surface area contributed by atoms with Crippen LogP contribution in [0.1, 0.15) is 74.4 Å². The Morgan fingerprint density at radius 2 is 1.95 bits per heavy atom.